The molecule has 0 radical (unpaired) electrons. The lowest BCUT2D eigenvalue weighted by Gasteiger charge is -2.36. The van der Waals surface area contributed by atoms with Crippen molar-refractivity contribution in [2.45, 2.75) is 38.4 Å². The molecule has 2 aliphatic heterocycles. The zero-order valence-electron chi connectivity index (χ0n) is 16.1. The molecule has 3 heterocycles. The lowest BCUT2D eigenvalue weighted by atomic mass is 10.0. The summed E-state index contributed by atoms with van der Waals surface area (Å²) in [4.78, 5) is 13.7. The minimum atomic E-state index is -0.541. The summed E-state index contributed by atoms with van der Waals surface area (Å²) in [7, 11) is 0. The van der Waals surface area contributed by atoms with Gasteiger partial charge in [0, 0.05) is 31.7 Å². The van der Waals surface area contributed by atoms with Crippen LogP contribution in [0.25, 0.3) is 6.08 Å². The van der Waals surface area contributed by atoms with Crippen molar-refractivity contribution in [2.75, 3.05) is 25.0 Å². The number of hydrogen-bond donors (Lipinski definition) is 2. The number of benzene rings is 1. The van der Waals surface area contributed by atoms with E-state index in [2.05, 4.69) is 17.1 Å². The van der Waals surface area contributed by atoms with Crippen LogP contribution in [0.3, 0.4) is 0 Å². The summed E-state index contributed by atoms with van der Waals surface area (Å²) in [5.74, 6) is 1.65. The third kappa shape index (κ3) is 4.46. The predicted molar refractivity (Wildman–Crippen MR) is 107 cm³/mol. The van der Waals surface area contributed by atoms with Gasteiger partial charge in [0.2, 0.25) is 5.91 Å². The number of ether oxygens (including phenoxy) is 1. The van der Waals surface area contributed by atoms with Crippen molar-refractivity contribution in [1.82, 2.24) is 4.90 Å². The quantitative estimate of drug-likeness (QED) is 0.831. The van der Waals surface area contributed by atoms with Crippen LogP contribution in [0.15, 0.2) is 46.6 Å². The summed E-state index contributed by atoms with van der Waals surface area (Å²) in [5, 5.41) is 13.5. The second-order valence-corrected chi connectivity index (χ2v) is 7.62. The molecule has 2 aliphatic rings. The van der Waals surface area contributed by atoms with Crippen LogP contribution in [-0.2, 0) is 11.2 Å². The summed E-state index contributed by atoms with van der Waals surface area (Å²) in [6.07, 6.45) is 4.93. The number of nitrogens with zero attached hydrogens (tertiary/aromatic N) is 1. The summed E-state index contributed by atoms with van der Waals surface area (Å²) in [5.41, 5.74) is 3.14. The van der Waals surface area contributed by atoms with Crippen LogP contribution in [0.1, 0.15) is 31.1 Å². The first-order valence-corrected chi connectivity index (χ1v) is 9.77. The minimum absolute atomic E-state index is 0.0559. The molecule has 1 aromatic carbocycles. The highest BCUT2D eigenvalue weighted by atomic mass is 16.5. The Morgan fingerprint density at radius 2 is 2.29 bits per heavy atom. The molecule has 1 fully saturated rings. The molecule has 2 aromatic rings. The van der Waals surface area contributed by atoms with E-state index in [9.17, 15) is 9.90 Å². The van der Waals surface area contributed by atoms with Crippen molar-refractivity contribution in [3.63, 3.8) is 0 Å². The van der Waals surface area contributed by atoms with Crippen molar-refractivity contribution in [1.29, 1.82) is 0 Å². The molecule has 6 heteroatoms. The summed E-state index contributed by atoms with van der Waals surface area (Å²) in [6.45, 7) is 4.31. The molecule has 2 N–H and O–H groups in total. The van der Waals surface area contributed by atoms with Gasteiger partial charge in [-0.15, -0.1) is 0 Å². The van der Waals surface area contributed by atoms with E-state index in [0.29, 0.717) is 13.0 Å². The number of hydrogen-bond acceptors (Lipinski definition) is 5. The smallest absolute Gasteiger partial charge is 0.224 e. The first-order valence-electron chi connectivity index (χ1n) is 9.77. The van der Waals surface area contributed by atoms with Crippen LogP contribution in [0, 0.1) is 0 Å². The molecular weight excluding hydrogens is 356 g/mol. The second-order valence-electron chi connectivity index (χ2n) is 7.62. The lowest BCUT2D eigenvalue weighted by Crippen LogP contribution is -2.49. The van der Waals surface area contributed by atoms with Crippen LogP contribution >= 0.6 is 0 Å². The van der Waals surface area contributed by atoms with Crippen LogP contribution in [0.5, 0.6) is 5.75 Å². The van der Waals surface area contributed by atoms with Crippen molar-refractivity contribution in [2.24, 2.45) is 0 Å². The molecule has 28 heavy (non-hydrogen) atoms. The maximum atomic E-state index is 11.5. The fourth-order valence-electron chi connectivity index (χ4n) is 3.88. The molecular formula is C22H26N2O4. The van der Waals surface area contributed by atoms with Gasteiger partial charge in [0.1, 0.15) is 23.7 Å². The number of likely N-dealkylation sites (tertiary alicyclic amines) is 1. The fraction of sp³-hybridized carbons (Fsp3) is 0.409. The van der Waals surface area contributed by atoms with Gasteiger partial charge < -0.3 is 19.6 Å². The first kappa shape index (κ1) is 18.8. The van der Waals surface area contributed by atoms with Gasteiger partial charge in [0.05, 0.1) is 6.26 Å². The zero-order chi connectivity index (χ0) is 19.5. The van der Waals surface area contributed by atoms with E-state index in [0.717, 1.165) is 48.7 Å². The van der Waals surface area contributed by atoms with Crippen molar-refractivity contribution >= 4 is 17.7 Å². The number of carbonyl (C=O) groups is 1. The van der Waals surface area contributed by atoms with Crippen LogP contribution < -0.4 is 10.1 Å². The van der Waals surface area contributed by atoms with Crippen LogP contribution in [0.2, 0.25) is 0 Å². The number of rotatable bonds is 5. The highest BCUT2D eigenvalue weighted by Gasteiger charge is 2.29. The van der Waals surface area contributed by atoms with E-state index in [1.165, 1.54) is 5.57 Å². The van der Waals surface area contributed by atoms with E-state index in [1.807, 2.05) is 36.4 Å². The maximum absolute atomic E-state index is 11.5. The minimum Gasteiger partial charge on any atom is -0.488 e. The van der Waals surface area contributed by atoms with Crippen molar-refractivity contribution in [3.05, 3.63) is 53.5 Å². The SMILES string of the molecule is C/C(=C\c1ccco1)CN1CC[C@@H](Oc2ccc3c(c2)CCC(=O)N3)[C@H](O)C1. The Hall–Kier alpha value is -2.57. The Bertz CT molecular complexity index is 859. The third-order valence-electron chi connectivity index (χ3n) is 5.27. The number of fused-ring (bicyclic) bond motifs is 1. The Morgan fingerprint density at radius 1 is 1.39 bits per heavy atom. The van der Waals surface area contributed by atoms with E-state index < -0.39 is 6.10 Å². The average molecular weight is 382 g/mol. The van der Waals surface area contributed by atoms with Gasteiger partial charge in [0.25, 0.3) is 0 Å². The number of anilines is 1. The topological polar surface area (TPSA) is 74.9 Å². The molecule has 1 amide bonds. The molecule has 1 saturated heterocycles. The van der Waals surface area contributed by atoms with Gasteiger partial charge in [-0.2, -0.15) is 0 Å². The molecule has 0 unspecified atom stereocenters. The van der Waals surface area contributed by atoms with Gasteiger partial charge in [0.15, 0.2) is 0 Å². The largest absolute Gasteiger partial charge is 0.488 e. The molecule has 148 valence electrons. The molecule has 2 atom stereocenters. The predicted octanol–water partition coefficient (Wildman–Crippen LogP) is 3.08. The van der Waals surface area contributed by atoms with Gasteiger partial charge in [-0.3, -0.25) is 9.69 Å². The zero-order valence-corrected chi connectivity index (χ0v) is 16.1. The molecule has 6 nitrogen and oxygen atoms in total. The number of aryl methyl sites for hydroxylation is 1. The van der Waals surface area contributed by atoms with Gasteiger partial charge in [-0.05, 0) is 61.7 Å². The number of aliphatic hydroxyl groups excluding tert-OH is 1. The molecule has 4 rings (SSSR count). The first-order chi connectivity index (χ1) is 13.6. The van der Waals surface area contributed by atoms with E-state index in [4.69, 9.17) is 9.15 Å². The number of amides is 1. The number of aliphatic hydroxyl groups is 1. The summed E-state index contributed by atoms with van der Waals surface area (Å²) in [6, 6.07) is 9.53. The van der Waals surface area contributed by atoms with E-state index in [-0.39, 0.29) is 12.0 Å². The van der Waals surface area contributed by atoms with Crippen molar-refractivity contribution < 1.29 is 19.1 Å². The average Bonchev–Trinajstić information content (AvgIpc) is 3.17. The summed E-state index contributed by atoms with van der Waals surface area (Å²) < 4.78 is 11.4. The van der Waals surface area contributed by atoms with Gasteiger partial charge in [-0.25, -0.2) is 0 Å². The van der Waals surface area contributed by atoms with E-state index >= 15 is 0 Å². The second kappa shape index (κ2) is 8.20. The lowest BCUT2D eigenvalue weighted by molar-refractivity contribution is -0.116. The number of β-amino-alcohol motifs (C(OH)–C–C–N with tert-alkyl or cyclic N) is 1. The number of carbonyl (C=O) groups excluding carboxylic acids is 1. The number of piperidine rings is 1. The Labute approximate surface area is 164 Å². The van der Waals surface area contributed by atoms with E-state index in [1.54, 1.807) is 6.26 Å². The molecule has 0 saturated carbocycles. The molecule has 0 aliphatic carbocycles. The van der Waals surface area contributed by atoms with Crippen LogP contribution in [-0.4, -0.2) is 47.8 Å². The van der Waals surface area contributed by atoms with Crippen molar-refractivity contribution in [3.8, 4) is 5.75 Å². The molecule has 0 spiro atoms. The monoisotopic (exact) mass is 382 g/mol. The Kier molecular flexibility index (Phi) is 5.50. The third-order valence-corrected chi connectivity index (χ3v) is 5.27. The van der Waals surface area contributed by atoms with Crippen LogP contribution in [0.4, 0.5) is 5.69 Å². The molecule has 0 bridgehead atoms. The highest BCUT2D eigenvalue weighted by molar-refractivity contribution is 5.94. The Balaban J connectivity index is 1.33. The van der Waals surface area contributed by atoms with Gasteiger partial charge in [-0.1, -0.05) is 5.57 Å². The van der Waals surface area contributed by atoms with Gasteiger partial charge >= 0.3 is 0 Å². The standard InChI is InChI=1S/C22H26N2O4/c1-15(11-17-3-2-10-27-17)13-24-9-8-21(20(25)14-24)28-18-5-6-19-16(12-18)4-7-22(26)23-19/h2-3,5-6,10-12,20-21,25H,4,7-9,13-14H2,1H3,(H,23,26)/b15-11+/t20-,21-/m1/s1. The number of furan rings is 1. The highest BCUT2D eigenvalue weighted by Crippen LogP contribution is 2.28. The fourth-order valence-corrected chi connectivity index (χ4v) is 3.88. The summed E-state index contributed by atoms with van der Waals surface area (Å²) >= 11 is 0. The molecule has 1 aromatic heterocycles. The Morgan fingerprint density at radius 3 is 3.07 bits per heavy atom. The number of nitrogens with one attached hydrogen (secondary N) is 1. The normalized spacial score (nSPS) is 23.2. The maximum Gasteiger partial charge on any atom is 0.224 e.